The molecule has 158 valence electrons. The minimum absolute atomic E-state index is 0.00628. The summed E-state index contributed by atoms with van der Waals surface area (Å²) in [5.41, 5.74) is 0.820. The van der Waals surface area contributed by atoms with Gasteiger partial charge in [0.15, 0.2) is 0 Å². The van der Waals surface area contributed by atoms with E-state index in [-0.39, 0.29) is 22.6 Å². The van der Waals surface area contributed by atoms with E-state index in [1.807, 2.05) is 0 Å². The number of imide groups is 1. The number of carbonyl (C=O) groups excluding carboxylic acids is 3. The number of anilines is 1. The zero-order valence-corrected chi connectivity index (χ0v) is 17.1. The van der Waals surface area contributed by atoms with Gasteiger partial charge in [-0.15, -0.1) is 0 Å². The summed E-state index contributed by atoms with van der Waals surface area (Å²) in [7, 11) is -3.61. The fourth-order valence-corrected chi connectivity index (χ4v) is 4.29. The molecule has 0 bridgehead atoms. The molecule has 3 N–H and O–H groups in total. The topological polar surface area (TPSA) is 141 Å². The van der Waals surface area contributed by atoms with E-state index in [0.717, 1.165) is 11.2 Å². The number of rotatable bonds is 6. The van der Waals surface area contributed by atoms with E-state index in [4.69, 9.17) is 5.11 Å². The first-order valence-electron chi connectivity index (χ1n) is 8.92. The van der Waals surface area contributed by atoms with Crippen LogP contribution in [0.5, 0.6) is 5.75 Å². The third kappa shape index (κ3) is 4.05. The number of nitrogens with zero attached hydrogens (tertiary/aromatic N) is 1. The van der Waals surface area contributed by atoms with Crippen molar-refractivity contribution < 1.29 is 33.0 Å². The molecule has 2 aromatic rings. The average Bonchev–Trinajstić information content (AvgIpc) is 2.93. The van der Waals surface area contributed by atoms with Crippen molar-refractivity contribution in [3.8, 4) is 5.75 Å². The number of aryl methyl sites for hydroxylation is 1. The number of benzene rings is 2. The summed E-state index contributed by atoms with van der Waals surface area (Å²) >= 11 is 0. The average molecular weight is 432 g/mol. The maximum atomic E-state index is 13.2. The van der Waals surface area contributed by atoms with Gasteiger partial charge in [-0.2, -0.15) is 0 Å². The Morgan fingerprint density at radius 3 is 2.47 bits per heavy atom. The number of carbonyl (C=O) groups is 3. The Morgan fingerprint density at radius 1 is 1.17 bits per heavy atom. The second kappa shape index (κ2) is 7.88. The summed E-state index contributed by atoms with van der Waals surface area (Å²) in [6.45, 7) is 0.806. The van der Waals surface area contributed by atoms with E-state index in [1.54, 1.807) is 6.92 Å². The number of phenolic OH excluding ortho intramolecular Hbond substituents is 1. The van der Waals surface area contributed by atoms with E-state index in [9.17, 15) is 27.9 Å². The monoisotopic (exact) mass is 432 g/mol. The molecular formula is C20H20N2O7S. The predicted octanol–water partition coefficient (Wildman–Crippen LogP) is 1.01. The molecule has 3 rings (SSSR count). The van der Waals surface area contributed by atoms with Crippen LogP contribution in [0.25, 0.3) is 0 Å². The Hall–Kier alpha value is -3.24. The summed E-state index contributed by atoms with van der Waals surface area (Å²) in [4.78, 5) is 38.7. The normalized spacial score (nSPS) is 14.6. The van der Waals surface area contributed by atoms with Gasteiger partial charge in [-0.3, -0.25) is 19.3 Å². The number of hydrogen-bond donors (Lipinski definition) is 3. The Balaban J connectivity index is 2.11. The van der Waals surface area contributed by atoms with Crippen molar-refractivity contribution in [3.63, 3.8) is 0 Å². The SMILES string of the molecule is Cc1cc([C@H](CS(C)(=O)=O)N2C(=O)c3cccc(NC(=O)CO)c3C2=O)ccc1O. The van der Waals surface area contributed by atoms with Crippen LogP contribution in [0.4, 0.5) is 5.69 Å². The standard InChI is InChI=1S/C20H20N2O7S/c1-11-8-12(6-7-16(11)24)15(10-30(2,28)29)22-19(26)13-4-3-5-14(18(13)20(22)27)21-17(25)9-23/h3-8,15,23-24H,9-10H2,1-2H3,(H,21,25)/t15-/m0/s1. The quantitative estimate of drug-likeness (QED) is 0.579. The molecule has 3 amide bonds. The molecule has 30 heavy (non-hydrogen) atoms. The van der Waals surface area contributed by atoms with Crippen LogP contribution in [-0.2, 0) is 14.6 Å². The van der Waals surface area contributed by atoms with E-state index in [2.05, 4.69) is 5.32 Å². The van der Waals surface area contributed by atoms with E-state index in [0.29, 0.717) is 11.1 Å². The van der Waals surface area contributed by atoms with Gasteiger partial charge in [-0.05, 0) is 36.2 Å². The molecule has 1 atom stereocenters. The lowest BCUT2D eigenvalue weighted by Gasteiger charge is -2.26. The van der Waals surface area contributed by atoms with Crippen molar-refractivity contribution in [2.75, 3.05) is 23.9 Å². The number of aromatic hydroxyl groups is 1. The first-order chi connectivity index (χ1) is 14.0. The van der Waals surface area contributed by atoms with Gasteiger partial charge < -0.3 is 15.5 Å². The van der Waals surface area contributed by atoms with Crippen LogP contribution in [0.1, 0.15) is 37.9 Å². The largest absolute Gasteiger partial charge is 0.508 e. The molecule has 1 aliphatic heterocycles. The van der Waals surface area contributed by atoms with Crippen molar-refractivity contribution in [2.24, 2.45) is 0 Å². The number of sulfone groups is 1. The number of nitrogens with one attached hydrogen (secondary N) is 1. The highest BCUT2D eigenvalue weighted by atomic mass is 32.2. The highest BCUT2D eigenvalue weighted by Crippen LogP contribution is 2.36. The van der Waals surface area contributed by atoms with Crippen molar-refractivity contribution in [3.05, 3.63) is 58.7 Å². The van der Waals surface area contributed by atoms with Gasteiger partial charge in [-0.1, -0.05) is 18.2 Å². The van der Waals surface area contributed by atoms with Crippen LogP contribution < -0.4 is 5.32 Å². The van der Waals surface area contributed by atoms with Gasteiger partial charge in [-0.25, -0.2) is 8.42 Å². The third-order valence-electron chi connectivity index (χ3n) is 4.74. The zero-order chi connectivity index (χ0) is 22.2. The lowest BCUT2D eigenvalue weighted by atomic mass is 10.0. The molecule has 1 heterocycles. The van der Waals surface area contributed by atoms with E-state index < -0.39 is 46.0 Å². The first kappa shape index (κ1) is 21.5. The van der Waals surface area contributed by atoms with Crippen molar-refractivity contribution >= 4 is 33.2 Å². The fraction of sp³-hybridized carbons (Fsp3) is 0.250. The lowest BCUT2D eigenvalue weighted by molar-refractivity contribution is -0.118. The molecule has 0 unspecified atom stereocenters. The van der Waals surface area contributed by atoms with Crippen LogP contribution in [0.15, 0.2) is 36.4 Å². The van der Waals surface area contributed by atoms with Crippen LogP contribution >= 0.6 is 0 Å². The van der Waals surface area contributed by atoms with Crippen LogP contribution in [0.3, 0.4) is 0 Å². The second-order valence-electron chi connectivity index (χ2n) is 7.07. The number of hydrogen-bond acceptors (Lipinski definition) is 7. The van der Waals surface area contributed by atoms with Crippen molar-refractivity contribution in [2.45, 2.75) is 13.0 Å². The minimum Gasteiger partial charge on any atom is -0.508 e. The number of aliphatic hydroxyl groups is 1. The molecule has 10 heteroatoms. The number of amides is 3. The number of fused-ring (bicyclic) bond motifs is 1. The first-order valence-corrected chi connectivity index (χ1v) is 11.0. The number of aliphatic hydroxyl groups excluding tert-OH is 1. The van der Waals surface area contributed by atoms with Gasteiger partial charge in [0.25, 0.3) is 11.8 Å². The van der Waals surface area contributed by atoms with Gasteiger partial charge in [0.2, 0.25) is 5.91 Å². The van der Waals surface area contributed by atoms with Crippen molar-refractivity contribution in [1.29, 1.82) is 0 Å². The van der Waals surface area contributed by atoms with Crippen LogP contribution in [-0.4, -0.2) is 59.9 Å². The van der Waals surface area contributed by atoms with E-state index >= 15 is 0 Å². The summed E-state index contributed by atoms with van der Waals surface area (Å²) in [6, 6.07) is 7.50. The molecule has 0 fully saturated rings. The predicted molar refractivity (Wildman–Crippen MR) is 108 cm³/mol. The fourth-order valence-electron chi connectivity index (χ4n) is 3.37. The molecule has 0 aromatic heterocycles. The Kier molecular flexibility index (Phi) is 5.64. The Morgan fingerprint density at radius 2 is 1.87 bits per heavy atom. The summed E-state index contributed by atoms with van der Waals surface area (Å²) in [5.74, 6) is -2.74. The van der Waals surface area contributed by atoms with Gasteiger partial charge >= 0.3 is 0 Å². The van der Waals surface area contributed by atoms with Gasteiger partial charge in [0.1, 0.15) is 22.2 Å². The summed E-state index contributed by atoms with van der Waals surface area (Å²) in [5, 5.41) is 21.1. The maximum absolute atomic E-state index is 13.2. The Labute approximate surface area is 172 Å². The molecule has 0 radical (unpaired) electrons. The van der Waals surface area contributed by atoms with Crippen LogP contribution in [0.2, 0.25) is 0 Å². The molecule has 0 saturated carbocycles. The molecular weight excluding hydrogens is 412 g/mol. The van der Waals surface area contributed by atoms with E-state index in [1.165, 1.54) is 36.4 Å². The number of phenols is 1. The Bertz CT molecular complexity index is 1160. The molecule has 0 saturated heterocycles. The van der Waals surface area contributed by atoms with Gasteiger partial charge in [0, 0.05) is 6.26 Å². The summed E-state index contributed by atoms with van der Waals surface area (Å²) < 4.78 is 24.2. The zero-order valence-electron chi connectivity index (χ0n) is 16.2. The third-order valence-corrected chi connectivity index (χ3v) is 5.66. The van der Waals surface area contributed by atoms with Crippen molar-refractivity contribution in [1.82, 2.24) is 4.90 Å². The van der Waals surface area contributed by atoms with Crippen LogP contribution in [0, 0.1) is 6.92 Å². The second-order valence-corrected chi connectivity index (χ2v) is 9.25. The molecule has 2 aromatic carbocycles. The minimum atomic E-state index is -3.61. The molecule has 0 spiro atoms. The smallest absolute Gasteiger partial charge is 0.264 e. The summed E-state index contributed by atoms with van der Waals surface area (Å²) in [6.07, 6.45) is 0.998. The molecule has 9 nitrogen and oxygen atoms in total. The molecule has 0 aliphatic carbocycles. The van der Waals surface area contributed by atoms with Gasteiger partial charge in [0.05, 0.1) is 28.6 Å². The highest BCUT2D eigenvalue weighted by Gasteiger charge is 2.43. The molecule has 1 aliphatic rings. The maximum Gasteiger partial charge on any atom is 0.264 e. The lowest BCUT2D eigenvalue weighted by Crippen LogP contribution is -2.37. The highest BCUT2D eigenvalue weighted by molar-refractivity contribution is 7.90.